The summed E-state index contributed by atoms with van der Waals surface area (Å²) in [4.78, 5) is 10.1. The van der Waals surface area contributed by atoms with E-state index >= 15 is 0 Å². The topological polar surface area (TPSA) is 52.8 Å². The van der Waals surface area contributed by atoms with Gasteiger partial charge in [0.05, 0.1) is 0 Å². The summed E-state index contributed by atoms with van der Waals surface area (Å²) in [5, 5.41) is 8.72. The average molecular weight is 188 g/mol. The molecule has 0 N–H and O–H groups in total. The van der Waals surface area contributed by atoms with E-state index in [1.165, 1.54) is 0 Å². The molecule has 4 heteroatoms. The van der Waals surface area contributed by atoms with E-state index in [-0.39, 0.29) is 0 Å². The highest BCUT2D eigenvalue weighted by molar-refractivity contribution is 5.35. The number of aryl methyl sites for hydroxylation is 1. The lowest BCUT2D eigenvalue weighted by atomic mass is 10.3. The maximum Gasteiger partial charge on any atom is 0.226 e. The number of hydrogen-bond donors (Lipinski definition) is 0. The van der Waals surface area contributed by atoms with Crippen LogP contribution in [0.1, 0.15) is 11.4 Å². The molecule has 0 aliphatic heterocycles. The Morgan fingerprint density at radius 1 is 1.64 bits per heavy atom. The van der Waals surface area contributed by atoms with Crippen LogP contribution in [-0.4, -0.2) is 23.6 Å². The van der Waals surface area contributed by atoms with Crippen LogP contribution in [0.5, 0.6) is 0 Å². The van der Waals surface area contributed by atoms with Gasteiger partial charge in [-0.1, -0.05) is 6.08 Å². The van der Waals surface area contributed by atoms with E-state index in [0.717, 1.165) is 5.69 Å². The number of nitrogens with zero attached hydrogens (tertiary/aromatic N) is 4. The Morgan fingerprint density at radius 2 is 2.36 bits per heavy atom. The molecule has 72 valence electrons. The number of hydrogen-bond acceptors (Lipinski definition) is 4. The largest absolute Gasteiger partial charge is 0.340 e. The van der Waals surface area contributed by atoms with Gasteiger partial charge in [-0.15, -0.1) is 6.58 Å². The van der Waals surface area contributed by atoms with Gasteiger partial charge in [0.1, 0.15) is 11.8 Å². The van der Waals surface area contributed by atoms with Gasteiger partial charge in [0.15, 0.2) is 0 Å². The van der Waals surface area contributed by atoms with Gasteiger partial charge in [-0.25, -0.2) is 9.97 Å². The molecule has 0 unspecified atom stereocenters. The van der Waals surface area contributed by atoms with Gasteiger partial charge < -0.3 is 4.90 Å². The summed E-state index contributed by atoms with van der Waals surface area (Å²) >= 11 is 0. The normalized spacial score (nSPS) is 9.21. The van der Waals surface area contributed by atoms with Crippen molar-refractivity contribution in [3.8, 4) is 6.07 Å². The van der Waals surface area contributed by atoms with Crippen LogP contribution in [-0.2, 0) is 0 Å². The Hall–Kier alpha value is -1.89. The highest BCUT2D eigenvalue weighted by atomic mass is 15.2. The first-order valence-electron chi connectivity index (χ1n) is 4.25. The molecule has 0 aliphatic carbocycles. The SMILES string of the molecule is C=CCN(C)c1nc(C)cc(C#N)n1. The molecule has 0 fully saturated rings. The minimum absolute atomic E-state index is 0.392. The molecule has 0 aromatic carbocycles. The number of aromatic nitrogens is 2. The van der Waals surface area contributed by atoms with Crippen molar-refractivity contribution in [2.45, 2.75) is 6.92 Å². The van der Waals surface area contributed by atoms with Crippen molar-refractivity contribution in [1.29, 1.82) is 5.26 Å². The Morgan fingerprint density at radius 3 is 2.93 bits per heavy atom. The maximum absolute atomic E-state index is 8.72. The number of rotatable bonds is 3. The van der Waals surface area contributed by atoms with E-state index in [0.29, 0.717) is 18.2 Å². The second kappa shape index (κ2) is 4.38. The lowest BCUT2D eigenvalue weighted by Gasteiger charge is -2.14. The summed E-state index contributed by atoms with van der Waals surface area (Å²) in [5.41, 5.74) is 1.19. The molecule has 0 saturated carbocycles. The Kier molecular flexibility index (Phi) is 3.19. The number of anilines is 1. The van der Waals surface area contributed by atoms with Crippen molar-refractivity contribution >= 4 is 5.95 Å². The average Bonchev–Trinajstić information content (AvgIpc) is 2.17. The fourth-order valence-corrected chi connectivity index (χ4v) is 1.06. The lowest BCUT2D eigenvalue weighted by Crippen LogP contribution is -2.20. The van der Waals surface area contributed by atoms with Crippen molar-refractivity contribution < 1.29 is 0 Å². The highest BCUT2D eigenvalue weighted by Crippen LogP contribution is 2.07. The molecule has 1 heterocycles. The molecule has 1 aromatic heterocycles. The fourth-order valence-electron chi connectivity index (χ4n) is 1.06. The van der Waals surface area contributed by atoms with Crippen LogP contribution in [0.2, 0.25) is 0 Å². The molecule has 0 bridgehead atoms. The zero-order chi connectivity index (χ0) is 10.6. The molecule has 0 atom stereocenters. The Bertz CT molecular complexity index is 378. The first-order chi connectivity index (χ1) is 6.67. The molecule has 0 aliphatic rings. The van der Waals surface area contributed by atoms with Gasteiger partial charge in [0.2, 0.25) is 5.95 Å². The van der Waals surface area contributed by atoms with E-state index in [1.54, 1.807) is 12.1 Å². The third-order valence-electron chi connectivity index (χ3n) is 1.70. The molecule has 0 radical (unpaired) electrons. The molecule has 0 spiro atoms. The minimum atomic E-state index is 0.392. The summed E-state index contributed by atoms with van der Waals surface area (Å²) in [6, 6.07) is 3.66. The predicted octanol–water partition coefficient (Wildman–Crippen LogP) is 1.28. The van der Waals surface area contributed by atoms with Crippen molar-refractivity contribution in [2.24, 2.45) is 0 Å². The second-order valence-electron chi connectivity index (χ2n) is 2.98. The van der Waals surface area contributed by atoms with E-state index in [1.807, 2.05) is 24.9 Å². The Balaban J connectivity index is 3.03. The summed E-state index contributed by atoms with van der Waals surface area (Å²) in [5.74, 6) is 0.557. The maximum atomic E-state index is 8.72. The molecule has 0 amide bonds. The summed E-state index contributed by atoms with van der Waals surface area (Å²) in [7, 11) is 1.86. The van der Waals surface area contributed by atoms with E-state index in [4.69, 9.17) is 5.26 Å². The van der Waals surface area contributed by atoms with Crippen molar-refractivity contribution in [2.75, 3.05) is 18.5 Å². The first kappa shape index (κ1) is 10.2. The van der Waals surface area contributed by atoms with E-state index in [2.05, 4.69) is 16.5 Å². The molecule has 14 heavy (non-hydrogen) atoms. The van der Waals surface area contributed by atoms with Crippen LogP contribution in [0.3, 0.4) is 0 Å². The van der Waals surface area contributed by atoms with Crippen molar-refractivity contribution in [1.82, 2.24) is 9.97 Å². The van der Waals surface area contributed by atoms with Crippen LogP contribution < -0.4 is 4.90 Å². The van der Waals surface area contributed by atoms with Crippen molar-refractivity contribution in [3.05, 3.63) is 30.1 Å². The van der Waals surface area contributed by atoms with Crippen LogP contribution in [0, 0.1) is 18.3 Å². The van der Waals surface area contributed by atoms with Crippen LogP contribution in [0.25, 0.3) is 0 Å². The number of likely N-dealkylation sites (N-methyl/N-ethyl adjacent to an activating group) is 1. The van der Waals surface area contributed by atoms with Crippen LogP contribution in [0.4, 0.5) is 5.95 Å². The summed E-state index contributed by atoms with van der Waals surface area (Å²) in [6.07, 6.45) is 1.76. The molecular weight excluding hydrogens is 176 g/mol. The Labute approximate surface area is 83.5 Å². The third kappa shape index (κ3) is 2.30. The second-order valence-corrected chi connectivity index (χ2v) is 2.98. The molecular formula is C10H12N4. The standard InChI is InChI=1S/C10H12N4/c1-4-5-14(3)10-12-8(2)6-9(7-11)13-10/h4,6H,1,5H2,2-3H3. The quantitative estimate of drug-likeness (QED) is 0.670. The fraction of sp³-hybridized carbons (Fsp3) is 0.300. The molecule has 1 aromatic rings. The minimum Gasteiger partial charge on any atom is -0.340 e. The summed E-state index contributed by atoms with van der Waals surface area (Å²) < 4.78 is 0. The highest BCUT2D eigenvalue weighted by Gasteiger charge is 2.04. The van der Waals surface area contributed by atoms with Crippen LogP contribution >= 0.6 is 0 Å². The van der Waals surface area contributed by atoms with E-state index in [9.17, 15) is 0 Å². The van der Waals surface area contributed by atoms with Gasteiger partial charge in [-0.2, -0.15) is 5.26 Å². The predicted molar refractivity (Wildman–Crippen MR) is 55.0 cm³/mol. The van der Waals surface area contributed by atoms with Gasteiger partial charge in [-0.3, -0.25) is 0 Å². The zero-order valence-corrected chi connectivity index (χ0v) is 8.36. The molecule has 4 nitrogen and oxygen atoms in total. The first-order valence-corrected chi connectivity index (χ1v) is 4.25. The third-order valence-corrected chi connectivity index (χ3v) is 1.70. The van der Waals surface area contributed by atoms with Gasteiger partial charge >= 0.3 is 0 Å². The zero-order valence-electron chi connectivity index (χ0n) is 8.36. The number of nitriles is 1. The van der Waals surface area contributed by atoms with Gasteiger partial charge in [0.25, 0.3) is 0 Å². The molecule has 0 saturated heterocycles. The van der Waals surface area contributed by atoms with Crippen molar-refractivity contribution in [3.63, 3.8) is 0 Å². The molecule has 1 rings (SSSR count). The van der Waals surface area contributed by atoms with E-state index < -0.39 is 0 Å². The van der Waals surface area contributed by atoms with Gasteiger partial charge in [-0.05, 0) is 13.0 Å². The lowest BCUT2D eigenvalue weighted by molar-refractivity contribution is 0.923. The monoisotopic (exact) mass is 188 g/mol. The smallest absolute Gasteiger partial charge is 0.226 e. The van der Waals surface area contributed by atoms with Crippen LogP contribution in [0.15, 0.2) is 18.7 Å². The summed E-state index contributed by atoms with van der Waals surface area (Å²) in [6.45, 7) is 6.13. The van der Waals surface area contributed by atoms with Gasteiger partial charge in [0, 0.05) is 19.3 Å².